The lowest BCUT2D eigenvalue weighted by Crippen LogP contribution is -2.51. The zero-order valence-corrected chi connectivity index (χ0v) is 18.6. The number of carbonyl (C=O) groups is 2. The molecule has 2 N–H and O–H groups in total. The predicted molar refractivity (Wildman–Crippen MR) is 122 cm³/mol. The number of H-pyrrole nitrogens is 1. The first-order chi connectivity index (χ1) is 17.0. The van der Waals surface area contributed by atoms with Crippen LogP contribution in [0.3, 0.4) is 0 Å². The molecule has 4 aromatic rings. The molecule has 0 aliphatic carbocycles. The molecule has 1 amide bonds. The fraction of sp³-hybridized carbons (Fsp3) is 0.227. The topological polar surface area (TPSA) is 145 Å². The third kappa shape index (κ3) is 3.86. The molecule has 35 heavy (non-hydrogen) atoms. The van der Waals surface area contributed by atoms with Crippen LogP contribution < -0.4 is 4.90 Å². The van der Waals surface area contributed by atoms with Crippen molar-refractivity contribution in [3.63, 3.8) is 0 Å². The van der Waals surface area contributed by atoms with E-state index in [9.17, 15) is 14.0 Å². The number of pyridine rings is 1. The Bertz CT molecular complexity index is 1440. The molecule has 0 saturated carbocycles. The summed E-state index contributed by atoms with van der Waals surface area (Å²) in [6, 6.07) is 9.43. The van der Waals surface area contributed by atoms with E-state index in [0.717, 1.165) is 11.9 Å². The van der Waals surface area contributed by atoms with Gasteiger partial charge in [0.25, 0.3) is 11.7 Å². The predicted octanol–water partition coefficient (Wildman–Crippen LogP) is 1.41. The average Bonchev–Trinajstić information content (AvgIpc) is 3.57. The van der Waals surface area contributed by atoms with E-state index in [-0.39, 0.29) is 41.0 Å². The van der Waals surface area contributed by atoms with E-state index in [1.54, 1.807) is 4.68 Å². The molecule has 1 aliphatic heterocycles. The first-order valence-electron chi connectivity index (χ1n) is 10.8. The molecule has 178 valence electrons. The van der Waals surface area contributed by atoms with Crippen molar-refractivity contribution in [2.45, 2.75) is 6.92 Å². The number of anilines is 1. The minimum Gasteiger partial charge on any atom is -0.411 e. The summed E-state index contributed by atoms with van der Waals surface area (Å²) >= 11 is 0. The SMILES string of the molecule is CC(=NO)c1ncc(F)c2c(C(=O)C(=O)N3CCN(c4nnnn4-c4ccccc4)CC3)c[nH]c12. The van der Waals surface area contributed by atoms with Crippen LogP contribution in [0.1, 0.15) is 23.0 Å². The van der Waals surface area contributed by atoms with Crippen molar-refractivity contribution in [2.75, 3.05) is 31.1 Å². The van der Waals surface area contributed by atoms with Gasteiger partial charge in [-0.15, -0.1) is 0 Å². The molecular formula is C22H20FN9O3. The maximum atomic E-state index is 14.6. The van der Waals surface area contributed by atoms with E-state index in [0.29, 0.717) is 19.0 Å². The molecular weight excluding hydrogens is 457 g/mol. The highest BCUT2D eigenvalue weighted by Gasteiger charge is 2.31. The maximum Gasteiger partial charge on any atom is 0.295 e. The van der Waals surface area contributed by atoms with Crippen LogP contribution in [-0.2, 0) is 4.79 Å². The van der Waals surface area contributed by atoms with Crippen LogP contribution in [0.5, 0.6) is 0 Å². The molecule has 1 aliphatic rings. The number of nitrogens with zero attached hydrogens (tertiary/aromatic N) is 8. The second kappa shape index (κ2) is 8.93. The van der Waals surface area contributed by atoms with Gasteiger partial charge in [0, 0.05) is 32.4 Å². The van der Waals surface area contributed by atoms with E-state index in [1.807, 2.05) is 35.2 Å². The number of para-hydroxylation sites is 1. The molecule has 5 rings (SSSR count). The van der Waals surface area contributed by atoms with Crippen molar-refractivity contribution in [3.05, 3.63) is 59.8 Å². The highest BCUT2D eigenvalue weighted by atomic mass is 19.1. The van der Waals surface area contributed by atoms with Gasteiger partial charge in [0.2, 0.25) is 5.95 Å². The lowest BCUT2D eigenvalue weighted by atomic mass is 10.1. The largest absolute Gasteiger partial charge is 0.411 e. The van der Waals surface area contributed by atoms with Crippen LogP contribution in [0.4, 0.5) is 10.3 Å². The fourth-order valence-corrected chi connectivity index (χ4v) is 4.09. The lowest BCUT2D eigenvalue weighted by Gasteiger charge is -2.34. The standard InChI is InChI=1S/C22H20FN9O3/c1-13(27-35)18-19-17(16(23)12-25-18)15(11-24-19)20(33)21(34)30-7-9-31(10-8-30)22-26-28-29-32(22)14-5-3-2-4-6-14/h2-6,11-12,24,35H,7-10H2,1H3. The summed E-state index contributed by atoms with van der Waals surface area (Å²) in [5, 5.41) is 24.0. The molecule has 3 aromatic heterocycles. The maximum absolute atomic E-state index is 14.6. The molecule has 4 heterocycles. The Balaban J connectivity index is 1.33. The summed E-state index contributed by atoms with van der Waals surface area (Å²) in [4.78, 5) is 36.1. The Labute approximate surface area is 197 Å². The molecule has 0 unspecified atom stereocenters. The second-order valence-corrected chi connectivity index (χ2v) is 7.93. The number of nitrogens with one attached hydrogen (secondary N) is 1. The Hall–Kier alpha value is -4.68. The molecule has 0 atom stereocenters. The molecule has 1 saturated heterocycles. The Morgan fingerprint density at radius 2 is 1.89 bits per heavy atom. The van der Waals surface area contributed by atoms with Crippen LogP contribution in [0, 0.1) is 5.82 Å². The second-order valence-electron chi connectivity index (χ2n) is 7.93. The monoisotopic (exact) mass is 477 g/mol. The zero-order chi connectivity index (χ0) is 24.5. The van der Waals surface area contributed by atoms with E-state index < -0.39 is 17.5 Å². The number of tetrazole rings is 1. The number of hydrogen-bond acceptors (Lipinski definition) is 9. The Morgan fingerprint density at radius 1 is 1.14 bits per heavy atom. The van der Waals surface area contributed by atoms with E-state index in [4.69, 9.17) is 5.21 Å². The van der Waals surface area contributed by atoms with Crippen LogP contribution in [-0.4, -0.2) is 83.9 Å². The van der Waals surface area contributed by atoms with Crippen LogP contribution in [0.2, 0.25) is 0 Å². The van der Waals surface area contributed by atoms with Gasteiger partial charge in [-0.2, -0.15) is 4.68 Å². The number of Topliss-reactive ketones (excluding diaryl/α,β-unsaturated/α-hetero) is 1. The van der Waals surface area contributed by atoms with Crippen molar-refractivity contribution in [1.82, 2.24) is 35.1 Å². The van der Waals surface area contributed by atoms with Crippen LogP contribution >= 0.6 is 0 Å². The van der Waals surface area contributed by atoms with Crippen LogP contribution in [0.25, 0.3) is 16.6 Å². The summed E-state index contributed by atoms with van der Waals surface area (Å²) in [7, 11) is 0. The molecule has 0 radical (unpaired) electrons. The fourth-order valence-electron chi connectivity index (χ4n) is 4.09. The average molecular weight is 477 g/mol. The number of halogens is 1. The van der Waals surface area contributed by atoms with E-state index in [2.05, 4.69) is 30.6 Å². The quantitative estimate of drug-likeness (QED) is 0.144. The summed E-state index contributed by atoms with van der Waals surface area (Å²) in [6.45, 7) is 2.84. The van der Waals surface area contributed by atoms with Crippen molar-refractivity contribution < 1.29 is 19.2 Å². The first kappa shape index (κ1) is 22.1. The van der Waals surface area contributed by atoms with Gasteiger partial charge in [0.05, 0.1) is 28.4 Å². The first-order valence-corrected chi connectivity index (χ1v) is 10.8. The van der Waals surface area contributed by atoms with Gasteiger partial charge < -0.3 is 20.0 Å². The van der Waals surface area contributed by atoms with Crippen LogP contribution in [0.15, 0.2) is 47.9 Å². The number of rotatable bonds is 5. The summed E-state index contributed by atoms with van der Waals surface area (Å²) in [5.74, 6) is -1.80. The van der Waals surface area contributed by atoms with Gasteiger partial charge in [-0.1, -0.05) is 28.5 Å². The van der Waals surface area contributed by atoms with E-state index in [1.165, 1.54) is 18.0 Å². The highest BCUT2D eigenvalue weighted by molar-refractivity contribution is 6.45. The van der Waals surface area contributed by atoms with Crippen molar-refractivity contribution >= 4 is 34.3 Å². The third-order valence-electron chi connectivity index (χ3n) is 5.90. The summed E-state index contributed by atoms with van der Waals surface area (Å²) in [6.07, 6.45) is 2.20. The molecule has 0 spiro atoms. The number of piperazine rings is 1. The molecule has 13 heteroatoms. The molecule has 0 bridgehead atoms. The number of carbonyl (C=O) groups excluding carboxylic acids is 2. The zero-order valence-electron chi connectivity index (χ0n) is 18.6. The summed E-state index contributed by atoms with van der Waals surface area (Å²) in [5.41, 5.74) is 1.19. The minimum atomic E-state index is -0.839. The van der Waals surface area contributed by atoms with E-state index >= 15 is 0 Å². The van der Waals surface area contributed by atoms with Crippen molar-refractivity contribution in [3.8, 4) is 5.69 Å². The Kier molecular flexibility index (Phi) is 5.65. The molecule has 12 nitrogen and oxygen atoms in total. The van der Waals surface area contributed by atoms with Gasteiger partial charge in [-0.3, -0.25) is 9.59 Å². The van der Waals surface area contributed by atoms with Gasteiger partial charge in [0.1, 0.15) is 11.4 Å². The van der Waals surface area contributed by atoms with Gasteiger partial charge >= 0.3 is 0 Å². The normalized spacial score (nSPS) is 14.5. The number of amides is 1. The minimum absolute atomic E-state index is 0.0722. The number of aromatic nitrogens is 6. The lowest BCUT2D eigenvalue weighted by molar-refractivity contribution is -0.126. The smallest absolute Gasteiger partial charge is 0.295 e. The number of hydrogen-bond donors (Lipinski definition) is 2. The highest BCUT2D eigenvalue weighted by Crippen LogP contribution is 2.25. The number of aromatic amines is 1. The van der Waals surface area contributed by atoms with Crippen molar-refractivity contribution in [2.24, 2.45) is 5.16 Å². The van der Waals surface area contributed by atoms with Gasteiger partial charge in [-0.05, 0) is 29.5 Å². The van der Waals surface area contributed by atoms with Gasteiger partial charge in [-0.25, -0.2) is 9.37 Å². The van der Waals surface area contributed by atoms with Gasteiger partial charge in [0.15, 0.2) is 5.82 Å². The Morgan fingerprint density at radius 3 is 2.60 bits per heavy atom. The number of fused-ring (bicyclic) bond motifs is 1. The summed E-state index contributed by atoms with van der Waals surface area (Å²) < 4.78 is 16.2. The molecule has 1 aromatic carbocycles. The molecule has 1 fully saturated rings. The van der Waals surface area contributed by atoms with Crippen molar-refractivity contribution in [1.29, 1.82) is 0 Å². The number of benzene rings is 1. The number of oxime groups is 1. The third-order valence-corrected chi connectivity index (χ3v) is 5.90. The number of ketones is 1.